The number of guanidine groups is 1. The van der Waals surface area contributed by atoms with Crippen LogP contribution in [0.25, 0.3) is 0 Å². The van der Waals surface area contributed by atoms with Crippen molar-refractivity contribution >= 4 is 22.3 Å². The molecule has 2 aromatic rings. The molecular formula is C18H24N4O6S. The lowest BCUT2D eigenvalue weighted by atomic mass is 10.2. The van der Waals surface area contributed by atoms with E-state index in [1.165, 1.54) is 25.5 Å². The lowest BCUT2D eigenvalue weighted by Gasteiger charge is -2.11. The minimum atomic E-state index is -4.02. The van der Waals surface area contributed by atoms with Gasteiger partial charge in [0.15, 0.2) is 11.5 Å². The maximum absolute atomic E-state index is 10.5. The molecule has 0 unspecified atom stereocenters. The average molecular weight is 424 g/mol. The standard InChI is InChI=1S/C11H16N4O3.C7H8O3S/c1-16-8-5-10(18-3)9(17-2)4-7(8)6-14-15-11(12)13;1-6-2-4-7(5-3-6)11(8,9)10/h4-6H,1-3H3,(H4,12,13,15);2-5H,1H3,(H,8,9,10)/b14-6+;. The van der Waals surface area contributed by atoms with E-state index in [9.17, 15) is 8.42 Å². The maximum atomic E-state index is 10.5. The Balaban J connectivity index is 0.000000326. The molecule has 0 aliphatic rings. The molecule has 0 saturated carbocycles. The Kier molecular flexibility index (Phi) is 8.90. The lowest BCUT2D eigenvalue weighted by Crippen LogP contribution is -2.25. The number of nitrogens with zero attached hydrogens (tertiary/aromatic N) is 1. The molecule has 0 atom stereocenters. The van der Waals surface area contributed by atoms with Gasteiger partial charge in [-0.1, -0.05) is 17.7 Å². The van der Waals surface area contributed by atoms with Crippen LogP contribution in [0.5, 0.6) is 17.2 Å². The van der Waals surface area contributed by atoms with E-state index in [0.717, 1.165) is 5.56 Å². The van der Waals surface area contributed by atoms with Gasteiger partial charge in [0.1, 0.15) is 5.75 Å². The molecule has 2 rings (SSSR count). The Morgan fingerprint density at radius 2 is 1.59 bits per heavy atom. The smallest absolute Gasteiger partial charge is 0.294 e. The summed E-state index contributed by atoms with van der Waals surface area (Å²) >= 11 is 0. The van der Waals surface area contributed by atoms with Gasteiger partial charge < -0.3 is 19.9 Å². The number of hydrazone groups is 1. The predicted molar refractivity (Wildman–Crippen MR) is 110 cm³/mol. The molecule has 158 valence electrons. The Hall–Kier alpha value is -3.31. The average Bonchev–Trinajstić information content (AvgIpc) is 2.67. The van der Waals surface area contributed by atoms with Crippen LogP contribution in [0.15, 0.2) is 46.4 Å². The van der Waals surface area contributed by atoms with Crippen molar-refractivity contribution in [1.82, 2.24) is 5.43 Å². The van der Waals surface area contributed by atoms with Crippen LogP contribution in [0.3, 0.4) is 0 Å². The van der Waals surface area contributed by atoms with Crippen molar-refractivity contribution in [2.24, 2.45) is 10.8 Å². The van der Waals surface area contributed by atoms with E-state index in [2.05, 4.69) is 10.5 Å². The van der Waals surface area contributed by atoms with E-state index in [0.29, 0.717) is 22.8 Å². The van der Waals surface area contributed by atoms with Gasteiger partial charge in [-0.3, -0.25) is 9.96 Å². The molecule has 0 aliphatic heterocycles. The number of ether oxygens (including phenoxy) is 3. The SMILES string of the molecule is COc1cc(OC)c(OC)cc1/C=N/NC(=N)N.Cc1ccc(S(=O)(=O)O)cc1. The van der Waals surface area contributed by atoms with E-state index in [4.69, 9.17) is 29.9 Å². The zero-order chi connectivity index (χ0) is 22.0. The van der Waals surface area contributed by atoms with Crippen LogP contribution in [-0.2, 0) is 10.1 Å². The highest BCUT2D eigenvalue weighted by molar-refractivity contribution is 7.85. The van der Waals surface area contributed by atoms with Gasteiger partial charge in [-0.05, 0) is 25.1 Å². The number of benzene rings is 2. The van der Waals surface area contributed by atoms with Crippen molar-refractivity contribution in [2.45, 2.75) is 11.8 Å². The van der Waals surface area contributed by atoms with Crippen molar-refractivity contribution in [2.75, 3.05) is 21.3 Å². The normalized spacial score (nSPS) is 10.7. The van der Waals surface area contributed by atoms with Gasteiger partial charge in [0.25, 0.3) is 10.1 Å². The molecule has 0 heterocycles. The number of methoxy groups -OCH3 is 3. The predicted octanol–water partition coefficient (Wildman–Crippen LogP) is 1.77. The maximum Gasteiger partial charge on any atom is 0.294 e. The largest absolute Gasteiger partial charge is 0.496 e. The molecule has 0 aromatic heterocycles. The monoisotopic (exact) mass is 424 g/mol. The first-order chi connectivity index (χ1) is 13.6. The molecule has 5 N–H and O–H groups in total. The van der Waals surface area contributed by atoms with Crippen molar-refractivity contribution in [1.29, 1.82) is 5.41 Å². The Morgan fingerprint density at radius 3 is 2.03 bits per heavy atom. The van der Waals surface area contributed by atoms with Crippen molar-refractivity contribution in [3.05, 3.63) is 47.5 Å². The molecular weight excluding hydrogens is 400 g/mol. The molecule has 2 aromatic carbocycles. The zero-order valence-corrected chi connectivity index (χ0v) is 17.3. The van der Waals surface area contributed by atoms with E-state index in [1.807, 2.05) is 6.92 Å². The van der Waals surface area contributed by atoms with Gasteiger partial charge in [-0.2, -0.15) is 13.5 Å². The van der Waals surface area contributed by atoms with Crippen LogP contribution in [0.2, 0.25) is 0 Å². The highest BCUT2D eigenvalue weighted by atomic mass is 32.2. The van der Waals surface area contributed by atoms with Gasteiger partial charge in [-0.15, -0.1) is 0 Å². The molecule has 29 heavy (non-hydrogen) atoms. The quantitative estimate of drug-likeness (QED) is 0.236. The van der Waals surface area contributed by atoms with Crippen LogP contribution < -0.4 is 25.4 Å². The second-order valence-corrected chi connectivity index (χ2v) is 6.94. The molecule has 10 nitrogen and oxygen atoms in total. The summed E-state index contributed by atoms with van der Waals surface area (Å²) in [6.07, 6.45) is 1.47. The van der Waals surface area contributed by atoms with Crippen LogP contribution in [0.1, 0.15) is 11.1 Å². The highest BCUT2D eigenvalue weighted by Gasteiger charge is 2.10. The van der Waals surface area contributed by atoms with Crippen LogP contribution in [0.4, 0.5) is 0 Å². The van der Waals surface area contributed by atoms with Crippen molar-refractivity contribution in [3.63, 3.8) is 0 Å². The Morgan fingerprint density at radius 1 is 1.07 bits per heavy atom. The summed E-state index contributed by atoms with van der Waals surface area (Å²) in [6, 6.07) is 9.39. The lowest BCUT2D eigenvalue weighted by molar-refractivity contribution is 0.349. The fraction of sp³-hybridized carbons (Fsp3) is 0.222. The molecule has 0 saturated heterocycles. The summed E-state index contributed by atoms with van der Waals surface area (Å²) in [7, 11) is 0.604. The van der Waals surface area contributed by atoms with Crippen molar-refractivity contribution in [3.8, 4) is 17.2 Å². The fourth-order valence-corrected chi connectivity index (χ4v) is 2.52. The summed E-state index contributed by atoms with van der Waals surface area (Å²) in [4.78, 5) is -0.0666. The molecule has 0 aliphatic carbocycles. The molecule has 11 heteroatoms. The topological polar surface area (TPSA) is 156 Å². The van der Waals surface area contributed by atoms with Crippen molar-refractivity contribution < 1.29 is 27.2 Å². The molecule has 0 radical (unpaired) electrons. The van der Waals surface area contributed by atoms with Gasteiger partial charge in [-0.25, -0.2) is 5.43 Å². The number of nitrogens with one attached hydrogen (secondary N) is 2. The summed E-state index contributed by atoms with van der Waals surface area (Å²) in [6.45, 7) is 1.84. The van der Waals surface area contributed by atoms with E-state index >= 15 is 0 Å². The summed E-state index contributed by atoms with van der Waals surface area (Å²) in [5, 5.41) is 10.8. The van der Waals surface area contributed by atoms with Crippen LogP contribution >= 0.6 is 0 Å². The summed E-state index contributed by atoms with van der Waals surface area (Å²) in [5.74, 6) is 1.45. The molecule has 0 fully saturated rings. The first-order valence-electron chi connectivity index (χ1n) is 8.09. The van der Waals surface area contributed by atoms with Crippen LogP contribution in [-0.4, -0.2) is 46.5 Å². The number of nitrogens with two attached hydrogens (primary N) is 1. The molecule has 0 spiro atoms. The number of aryl methyl sites for hydroxylation is 1. The minimum absolute atomic E-state index is 0.0666. The second-order valence-electron chi connectivity index (χ2n) is 5.52. The third-order valence-electron chi connectivity index (χ3n) is 3.44. The van der Waals surface area contributed by atoms with Gasteiger partial charge >= 0.3 is 0 Å². The zero-order valence-electron chi connectivity index (χ0n) is 16.5. The first-order valence-corrected chi connectivity index (χ1v) is 9.53. The molecule has 0 bridgehead atoms. The minimum Gasteiger partial charge on any atom is -0.496 e. The third-order valence-corrected chi connectivity index (χ3v) is 4.31. The number of hydrogen-bond donors (Lipinski definition) is 4. The second kappa shape index (κ2) is 10.9. The first kappa shape index (κ1) is 23.7. The Labute approximate surface area is 169 Å². The van der Waals surface area contributed by atoms with Crippen LogP contribution in [0, 0.1) is 12.3 Å². The van der Waals surface area contributed by atoms with E-state index in [1.54, 1.807) is 38.5 Å². The van der Waals surface area contributed by atoms with E-state index in [-0.39, 0.29) is 10.9 Å². The summed E-state index contributed by atoms with van der Waals surface area (Å²) < 4.78 is 45.1. The fourth-order valence-electron chi connectivity index (χ4n) is 2.04. The number of hydrogen-bond acceptors (Lipinski definition) is 7. The third kappa shape index (κ3) is 7.68. The van der Waals surface area contributed by atoms with Gasteiger partial charge in [0.05, 0.1) is 32.4 Å². The summed E-state index contributed by atoms with van der Waals surface area (Å²) in [5.41, 5.74) is 9.05. The Bertz CT molecular complexity index is 959. The van der Waals surface area contributed by atoms with E-state index < -0.39 is 10.1 Å². The highest BCUT2D eigenvalue weighted by Crippen LogP contribution is 2.33. The van der Waals surface area contributed by atoms with Gasteiger partial charge in [0, 0.05) is 11.6 Å². The molecule has 0 amide bonds. The van der Waals surface area contributed by atoms with Gasteiger partial charge in [0.2, 0.25) is 5.96 Å². The number of rotatable bonds is 6.